The first-order chi connectivity index (χ1) is 12.1. The van der Waals surface area contributed by atoms with Crippen LogP contribution < -0.4 is 24.8 Å². The largest absolute Gasteiger partial charge is 0.495 e. The van der Waals surface area contributed by atoms with E-state index in [2.05, 4.69) is 10.6 Å². The smallest absolute Gasteiger partial charge is 0.246 e. The molecule has 0 aliphatic carbocycles. The lowest BCUT2D eigenvalue weighted by molar-refractivity contribution is -0.116. The van der Waals surface area contributed by atoms with E-state index in [1.807, 2.05) is 18.2 Å². The Morgan fingerprint density at radius 1 is 1.16 bits per heavy atom. The van der Waals surface area contributed by atoms with Crippen LogP contribution in [0.4, 0.5) is 11.4 Å². The van der Waals surface area contributed by atoms with Crippen molar-refractivity contribution in [2.45, 2.75) is 13.0 Å². The van der Waals surface area contributed by atoms with Crippen molar-refractivity contribution in [3.63, 3.8) is 0 Å². The van der Waals surface area contributed by atoms with Crippen LogP contribution in [-0.4, -0.2) is 32.3 Å². The number of hydrogen-bond donors (Lipinski definition) is 2. The first kappa shape index (κ1) is 17.2. The Morgan fingerprint density at radius 3 is 2.68 bits per heavy atom. The van der Waals surface area contributed by atoms with Crippen LogP contribution in [0.15, 0.2) is 36.4 Å². The predicted octanol–water partition coefficient (Wildman–Crippen LogP) is 3.56. The van der Waals surface area contributed by atoms with E-state index >= 15 is 0 Å². The number of halogens is 1. The third kappa shape index (κ3) is 4.09. The fourth-order valence-electron chi connectivity index (χ4n) is 2.47. The van der Waals surface area contributed by atoms with E-state index in [4.69, 9.17) is 25.8 Å². The number of methoxy groups -OCH3 is 1. The van der Waals surface area contributed by atoms with E-state index in [1.54, 1.807) is 25.1 Å². The molecule has 1 atom stereocenters. The van der Waals surface area contributed by atoms with Gasteiger partial charge in [0.25, 0.3) is 0 Å². The maximum Gasteiger partial charge on any atom is 0.246 e. The van der Waals surface area contributed by atoms with Gasteiger partial charge in [-0.2, -0.15) is 0 Å². The quantitative estimate of drug-likeness (QED) is 0.851. The lowest BCUT2D eigenvalue weighted by Crippen LogP contribution is -2.32. The van der Waals surface area contributed by atoms with Crippen molar-refractivity contribution in [3.8, 4) is 17.2 Å². The van der Waals surface area contributed by atoms with Gasteiger partial charge in [-0.05, 0) is 37.3 Å². The van der Waals surface area contributed by atoms with Crippen molar-refractivity contribution in [1.82, 2.24) is 0 Å². The molecule has 132 valence electrons. The number of fused-ring (bicyclic) bond motifs is 1. The zero-order valence-corrected chi connectivity index (χ0v) is 14.7. The van der Waals surface area contributed by atoms with Crippen LogP contribution in [0.3, 0.4) is 0 Å². The van der Waals surface area contributed by atoms with Gasteiger partial charge in [-0.3, -0.25) is 4.79 Å². The van der Waals surface area contributed by atoms with E-state index < -0.39 is 6.04 Å². The second-order valence-electron chi connectivity index (χ2n) is 5.56. The summed E-state index contributed by atoms with van der Waals surface area (Å²) in [7, 11) is 1.54. The third-order valence-corrected chi connectivity index (χ3v) is 3.97. The van der Waals surface area contributed by atoms with Crippen LogP contribution >= 0.6 is 11.6 Å². The summed E-state index contributed by atoms with van der Waals surface area (Å²) in [6, 6.07) is 10.1. The van der Waals surface area contributed by atoms with Crippen LogP contribution in [0.2, 0.25) is 5.02 Å². The number of anilines is 2. The Labute approximate surface area is 151 Å². The van der Waals surface area contributed by atoms with E-state index in [0.29, 0.717) is 41.2 Å². The van der Waals surface area contributed by atoms with Gasteiger partial charge in [-0.1, -0.05) is 11.6 Å². The molecule has 2 N–H and O–H groups in total. The lowest BCUT2D eigenvalue weighted by Gasteiger charge is -2.21. The minimum Gasteiger partial charge on any atom is -0.495 e. The molecule has 0 radical (unpaired) electrons. The highest BCUT2D eigenvalue weighted by Gasteiger charge is 2.17. The van der Waals surface area contributed by atoms with Crippen molar-refractivity contribution in [2.75, 3.05) is 31.0 Å². The number of carbonyl (C=O) groups excluding carboxylic acids is 1. The maximum atomic E-state index is 12.5. The lowest BCUT2D eigenvalue weighted by atomic mass is 10.2. The SMILES string of the molecule is COc1ccc(Cl)cc1NC(=O)[C@H](C)Nc1ccc2c(c1)OCCO2. The number of amides is 1. The summed E-state index contributed by atoms with van der Waals surface area (Å²) < 4.78 is 16.3. The molecule has 2 aromatic rings. The molecule has 0 bridgehead atoms. The van der Waals surface area contributed by atoms with Crippen LogP contribution in [0.1, 0.15) is 6.92 Å². The van der Waals surface area contributed by atoms with Gasteiger partial charge in [0.1, 0.15) is 25.0 Å². The van der Waals surface area contributed by atoms with Crippen LogP contribution in [0.5, 0.6) is 17.2 Å². The third-order valence-electron chi connectivity index (χ3n) is 3.74. The molecule has 0 unspecified atom stereocenters. The van der Waals surface area contributed by atoms with Gasteiger partial charge in [-0.25, -0.2) is 0 Å². The minimum atomic E-state index is -0.480. The number of nitrogens with one attached hydrogen (secondary N) is 2. The first-order valence-electron chi connectivity index (χ1n) is 7.87. The molecule has 1 aliphatic heterocycles. The fourth-order valence-corrected chi connectivity index (χ4v) is 2.64. The molecule has 2 aromatic carbocycles. The predicted molar refractivity (Wildman–Crippen MR) is 97.2 cm³/mol. The topological polar surface area (TPSA) is 68.8 Å². The Kier molecular flexibility index (Phi) is 5.19. The summed E-state index contributed by atoms with van der Waals surface area (Å²) >= 11 is 5.99. The number of benzene rings is 2. The van der Waals surface area contributed by atoms with E-state index in [0.717, 1.165) is 5.69 Å². The van der Waals surface area contributed by atoms with E-state index in [1.165, 1.54) is 7.11 Å². The molecule has 0 saturated heterocycles. The Bertz CT molecular complexity index is 782. The monoisotopic (exact) mass is 362 g/mol. The van der Waals surface area contributed by atoms with Crippen LogP contribution in [0, 0.1) is 0 Å². The highest BCUT2D eigenvalue weighted by molar-refractivity contribution is 6.31. The molecule has 1 aliphatic rings. The van der Waals surface area contributed by atoms with Crippen molar-refractivity contribution in [2.24, 2.45) is 0 Å². The maximum absolute atomic E-state index is 12.5. The second kappa shape index (κ2) is 7.53. The molecule has 3 rings (SSSR count). The molecule has 0 aromatic heterocycles. The standard InChI is InChI=1S/C18H19ClN2O4/c1-11(18(22)21-14-9-12(19)3-5-15(14)23-2)20-13-4-6-16-17(10-13)25-8-7-24-16/h3-6,9-11,20H,7-8H2,1-2H3,(H,21,22)/t11-/m0/s1. The summed E-state index contributed by atoms with van der Waals surface area (Å²) in [6.07, 6.45) is 0. The number of rotatable bonds is 5. The normalized spacial score (nSPS) is 13.7. The zero-order valence-electron chi connectivity index (χ0n) is 14.0. The molecule has 0 spiro atoms. The van der Waals surface area contributed by atoms with Gasteiger partial charge in [0.2, 0.25) is 5.91 Å². The molecule has 0 fully saturated rings. The molecule has 0 saturated carbocycles. The van der Waals surface area contributed by atoms with Crippen LogP contribution in [0.25, 0.3) is 0 Å². The van der Waals surface area contributed by atoms with Crippen molar-refractivity contribution in [1.29, 1.82) is 0 Å². The number of ether oxygens (including phenoxy) is 3. The molecule has 1 heterocycles. The van der Waals surface area contributed by atoms with Crippen molar-refractivity contribution in [3.05, 3.63) is 41.4 Å². The van der Waals surface area contributed by atoms with E-state index in [-0.39, 0.29) is 5.91 Å². The van der Waals surface area contributed by atoms with Gasteiger partial charge < -0.3 is 24.8 Å². The van der Waals surface area contributed by atoms with E-state index in [9.17, 15) is 4.79 Å². The van der Waals surface area contributed by atoms with Crippen LogP contribution in [-0.2, 0) is 4.79 Å². The van der Waals surface area contributed by atoms with Gasteiger partial charge in [0, 0.05) is 16.8 Å². The molecule has 25 heavy (non-hydrogen) atoms. The molecule has 6 nitrogen and oxygen atoms in total. The van der Waals surface area contributed by atoms with Gasteiger partial charge in [0.15, 0.2) is 11.5 Å². The summed E-state index contributed by atoms with van der Waals surface area (Å²) in [4.78, 5) is 12.5. The highest BCUT2D eigenvalue weighted by atomic mass is 35.5. The average molecular weight is 363 g/mol. The average Bonchev–Trinajstić information content (AvgIpc) is 2.61. The summed E-state index contributed by atoms with van der Waals surface area (Å²) in [5.74, 6) is 1.71. The summed E-state index contributed by atoms with van der Waals surface area (Å²) in [5.41, 5.74) is 1.29. The van der Waals surface area contributed by atoms with Gasteiger partial charge in [0.05, 0.1) is 12.8 Å². The van der Waals surface area contributed by atoms with Crippen molar-refractivity contribution >= 4 is 28.9 Å². The Balaban J connectivity index is 1.68. The van der Waals surface area contributed by atoms with Gasteiger partial charge >= 0.3 is 0 Å². The Morgan fingerprint density at radius 2 is 1.92 bits per heavy atom. The minimum absolute atomic E-state index is 0.213. The number of carbonyl (C=O) groups is 1. The number of hydrogen-bond acceptors (Lipinski definition) is 5. The molecular formula is C18H19ClN2O4. The zero-order chi connectivity index (χ0) is 17.8. The summed E-state index contributed by atoms with van der Waals surface area (Å²) in [6.45, 7) is 2.82. The first-order valence-corrected chi connectivity index (χ1v) is 8.25. The Hall–Kier alpha value is -2.60. The molecular weight excluding hydrogens is 344 g/mol. The van der Waals surface area contributed by atoms with Gasteiger partial charge in [-0.15, -0.1) is 0 Å². The molecule has 1 amide bonds. The van der Waals surface area contributed by atoms with Crippen molar-refractivity contribution < 1.29 is 19.0 Å². The second-order valence-corrected chi connectivity index (χ2v) is 5.99. The molecule has 7 heteroatoms. The highest BCUT2D eigenvalue weighted by Crippen LogP contribution is 2.33. The summed E-state index contributed by atoms with van der Waals surface area (Å²) in [5, 5.41) is 6.48. The fraction of sp³-hybridized carbons (Fsp3) is 0.278.